The van der Waals surface area contributed by atoms with Gasteiger partial charge in [-0.1, -0.05) is 36.8 Å². The van der Waals surface area contributed by atoms with Gasteiger partial charge in [0.25, 0.3) is 0 Å². The smallest absolute Gasteiger partial charge is 0.193 e. The van der Waals surface area contributed by atoms with Crippen LogP contribution in [-0.4, -0.2) is 48.1 Å². The average molecular weight is 376 g/mol. The lowest BCUT2D eigenvalue weighted by atomic mass is 10.0. The molecule has 1 fully saturated rings. The third kappa shape index (κ3) is 5.84. The van der Waals surface area contributed by atoms with Crippen molar-refractivity contribution < 1.29 is 14.6 Å². The van der Waals surface area contributed by atoms with Gasteiger partial charge >= 0.3 is 0 Å². The predicted molar refractivity (Wildman–Crippen MR) is 105 cm³/mol. The highest BCUT2D eigenvalue weighted by Gasteiger charge is 2.15. The molecule has 5 heteroatoms. The Hall–Kier alpha value is -1.88. The Kier molecular flexibility index (Phi) is 8.10. The fourth-order valence-electron chi connectivity index (χ4n) is 3.14. The van der Waals surface area contributed by atoms with Gasteiger partial charge in [0.2, 0.25) is 0 Å². The number of ketones is 1. The van der Waals surface area contributed by atoms with Gasteiger partial charge < -0.3 is 14.7 Å². The van der Waals surface area contributed by atoms with E-state index in [0.29, 0.717) is 23.4 Å². The van der Waals surface area contributed by atoms with E-state index < -0.39 is 6.10 Å². The van der Waals surface area contributed by atoms with E-state index in [1.807, 2.05) is 30.3 Å². The van der Waals surface area contributed by atoms with Crippen LogP contribution in [-0.2, 0) is 0 Å². The van der Waals surface area contributed by atoms with Crippen LogP contribution in [0.1, 0.15) is 35.2 Å². The first kappa shape index (κ1) is 20.4. The zero-order chi connectivity index (χ0) is 17.5. The zero-order valence-electron chi connectivity index (χ0n) is 14.8. The van der Waals surface area contributed by atoms with Crippen molar-refractivity contribution >= 4 is 18.2 Å². The molecule has 1 aliphatic rings. The average Bonchev–Trinajstić information content (AvgIpc) is 2.68. The normalized spacial score (nSPS) is 15.7. The Morgan fingerprint density at radius 1 is 0.962 bits per heavy atom. The number of hydrogen-bond donors (Lipinski definition) is 1. The second-order valence-electron chi connectivity index (χ2n) is 6.55. The van der Waals surface area contributed by atoms with Crippen molar-refractivity contribution in [1.29, 1.82) is 0 Å². The van der Waals surface area contributed by atoms with Crippen molar-refractivity contribution in [3.05, 3.63) is 65.7 Å². The van der Waals surface area contributed by atoms with Gasteiger partial charge in [0, 0.05) is 17.7 Å². The van der Waals surface area contributed by atoms with Crippen LogP contribution >= 0.6 is 12.4 Å². The molecule has 140 valence electrons. The number of β-amino-alcohol motifs (C(OH)–C–C–N with tert-alkyl or cyclic N) is 1. The summed E-state index contributed by atoms with van der Waals surface area (Å²) in [6.45, 7) is 3.05. The van der Waals surface area contributed by atoms with Gasteiger partial charge in [0.15, 0.2) is 5.78 Å². The van der Waals surface area contributed by atoms with Crippen molar-refractivity contribution in [2.75, 3.05) is 26.2 Å². The molecule has 0 bridgehead atoms. The summed E-state index contributed by atoms with van der Waals surface area (Å²) < 4.78 is 5.66. The number of carbonyl (C=O) groups is 1. The third-order valence-electron chi connectivity index (χ3n) is 4.51. The van der Waals surface area contributed by atoms with Crippen LogP contribution in [0, 0.1) is 0 Å². The number of aliphatic hydroxyl groups excluding tert-OH is 1. The van der Waals surface area contributed by atoms with E-state index in [9.17, 15) is 9.90 Å². The minimum Gasteiger partial charge on any atom is -0.491 e. The van der Waals surface area contributed by atoms with Crippen LogP contribution in [0.15, 0.2) is 54.6 Å². The molecule has 3 rings (SSSR count). The number of halogens is 1. The highest BCUT2D eigenvalue weighted by atomic mass is 35.5. The molecule has 0 saturated carbocycles. The molecule has 0 spiro atoms. The maximum atomic E-state index is 12.4. The maximum Gasteiger partial charge on any atom is 0.193 e. The minimum atomic E-state index is -0.497. The topological polar surface area (TPSA) is 49.8 Å². The monoisotopic (exact) mass is 375 g/mol. The molecule has 1 unspecified atom stereocenters. The minimum absolute atomic E-state index is 0. The summed E-state index contributed by atoms with van der Waals surface area (Å²) in [6, 6.07) is 16.3. The number of carbonyl (C=O) groups excluding carboxylic acids is 1. The number of likely N-dealkylation sites (tertiary alicyclic amines) is 1. The molecule has 1 heterocycles. The second-order valence-corrected chi connectivity index (χ2v) is 6.55. The predicted octanol–water partition coefficient (Wildman–Crippen LogP) is 3.57. The highest BCUT2D eigenvalue weighted by molar-refractivity contribution is 6.08. The summed E-state index contributed by atoms with van der Waals surface area (Å²) in [5.41, 5.74) is 1.31. The summed E-state index contributed by atoms with van der Waals surface area (Å²) >= 11 is 0. The number of aliphatic hydroxyl groups is 1. The molecule has 2 aromatic carbocycles. The van der Waals surface area contributed by atoms with E-state index in [-0.39, 0.29) is 24.8 Å². The largest absolute Gasteiger partial charge is 0.491 e. The van der Waals surface area contributed by atoms with Crippen LogP contribution in [0.4, 0.5) is 0 Å². The van der Waals surface area contributed by atoms with E-state index in [1.54, 1.807) is 24.3 Å². The van der Waals surface area contributed by atoms with Gasteiger partial charge in [0.1, 0.15) is 18.5 Å². The van der Waals surface area contributed by atoms with E-state index >= 15 is 0 Å². The Morgan fingerprint density at radius 2 is 1.58 bits per heavy atom. The fraction of sp³-hybridized carbons (Fsp3) is 0.381. The van der Waals surface area contributed by atoms with Crippen molar-refractivity contribution in [2.24, 2.45) is 0 Å². The van der Waals surface area contributed by atoms with Gasteiger partial charge in [0.05, 0.1) is 0 Å². The Bertz CT molecular complexity index is 669. The number of rotatable bonds is 7. The number of nitrogens with zero attached hydrogens (tertiary/aromatic N) is 1. The van der Waals surface area contributed by atoms with Crippen LogP contribution in [0.2, 0.25) is 0 Å². The van der Waals surface area contributed by atoms with Crippen molar-refractivity contribution in [2.45, 2.75) is 25.4 Å². The number of benzene rings is 2. The second kappa shape index (κ2) is 10.3. The Labute approximate surface area is 161 Å². The van der Waals surface area contributed by atoms with E-state index in [4.69, 9.17) is 4.74 Å². The Morgan fingerprint density at radius 3 is 2.23 bits per heavy atom. The fourth-order valence-corrected chi connectivity index (χ4v) is 3.14. The quantitative estimate of drug-likeness (QED) is 0.752. The molecular weight excluding hydrogens is 350 g/mol. The van der Waals surface area contributed by atoms with Crippen molar-refractivity contribution in [3.8, 4) is 5.75 Å². The van der Waals surface area contributed by atoms with E-state index in [2.05, 4.69) is 4.90 Å². The molecule has 1 aliphatic heterocycles. The van der Waals surface area contributed by atoms with Crippen LogP contribution in [0.25, 0.3) is 0 Å². The van der Waals surface area contributed by atoms with Crippen molar-refractivity contribution in [3.63, 3.8) is 0 Å². The molecule has 4 nitrogen and oxygen atoms in total. The van der Waals surface area contributed by atoms with E-state index in [0.717, 1.165) is 13.1 Å². The van der Waals surface area contributed by atoms with Crippen molar-refractivity contribution in [1.82, 2.24) is 4.90 Å². The summed E-state index contributed by atoms with van der Waals surface area (Å²) in [6.07, 6.45) is 3.22. The number of hydrogen-bond acceptors (Lipinski definition) is 4. The number of ether oxygens (including phenoxy) is 1. The molecule has 1 N–H and O–H groups in total. The molecule has 26 heavy (non-hydrogen) atoms. The molecule has 1 atom stereocenters. The summed E-state index contributed by atoms with van der Waals surface area (Å²) in [5.74, 6) is 0.666. The standard InChI is InChI=1S/C21H25NO3.ClH/c23-19(15-22-13-5-2-6-14-22)16-25-20-11-9-18(10-12-20)21(24)17-7-3-1-4-8-17;/h1,3-4,7-12,19,23H,2,5-6,13-16H2;1H. The summed E-state index contributed by atoms with van der Waals surface area (Å²) in [4.78, 5) is 14.6. The van der Waals surface area contributed by atoms with Gasteiger partial charge in [-0.2, -0.15) is 0 Å². The van der Waals surface area contributed by atoms with Crippen LogP contribution in [0.5, 0.6) is 5.75 Å². The molecule has 0 aliphatic carbocycles. The lowest BCUT2D eigenvalue weighted by Crippen LogP contribution is -2.38. The number of piperidine rings is 1. The Balaban J connectivity index is 0.00000243. The van der Waals surface area contributed by atoms with Gasteiger partial charge in [-0.25, -0.2) is 0 Å². The van der Waals surface area contributed by atoms with Gasteiger partial charge in [-0.3, -0.25) is 4.79 Å². The molecule has 0 radical (unpaired) electrons. The van der Waals surface area contributed by atoms with Crippen LogP contribution < -0.4 is 4.74 Å². The molecule has 1 saturated heterocycles. The molecule has 0 amide bonds. The first-order valence-electron chi connectivity index (χ1n) is 8.95. The first-order chi connectivity index (χ1) is 12.2. The third-order valence-corrected chi connectivity index (χ3v) is 4.51. The highest BCUT2D eigenvalue weighted by Crippen LogP contribution is 2.16. The lowest BCUT2D eigenvalue weighted by molar-refractivity contribution is 0.0617. The molecule has 0 aromatic heterocycles. The van der Waals surface area contributed by atoms with Gasteiger partial charge in [-0.15, -0.1) is 12.4 Å². The van der Waals surface area contributed by atoms with E-state index in [1.165, 1.54) is 19.3 Å². The zero-order valence-corrected chi connectivity index (χ0v) is 15.7. The van der Waals surface area contributed by atoms with Gasteiger partial charge in [-0.05, 0) is 50.2 Å². The summed E-state index contributed by atoms with van der Waals surface area (Å²) in [7, 11) is 0. The molecule has 2 aromatic rings. The summed E-state index contributed by atoms with van der Waals surface area (Å²) in [5, 5.41) is 10.1. The maximum absolute atomic E-state index is 12.4. The lowest BCUT2D eigenvalue weighted by Gasteiger charge is -2.28. The SMILES string of the molecule is Cl.O=C(c1ccccc1)c1ccc(OCC(O)CN2CCCCC2)cc1. The molecular formula is C21H26ClNO3. The first-order valence-corrected chi connectivity index (χ1v) is 8.95. The van der Waals surface area contributed by atoms with Crippen LogP contribution in [0.3, 0.4) is 0 Å².